The van der Waals surface area contributed by atoms with Gasteiger partial charge in [0.2, 0.25) is 5.91 Å². The summed E-state index contributed by atoms with van der Waals surface area (Å²) in [6.45, 7) is 5.55. The molecular weight excluding hydrogens is 348 g/mol. The third kappa shape index (κ3) is 3.94. The van der Waals surface area contributed by atoms with Crippen molar-refractivity contribution in [3.8, 4) is 11.5 Å². The summed E-state index contributed by atoms with van der Waals surface area (Å²) in [5.74, 6) is 0.871. The van der Waals surface area contributed by atoms with Crippen LogP contribution < -0.4 is 25.4 Å². The number of carbonyl (C=O) groups excluding carboxylic acids is 2. The first-order chi connectivity index (χ1) is 12.8. The minimum atomic E-state index is -1.11. The fourth-order valence-corrected chi connectivity index (χ4v) is 2.76. The molecule has 27 heavy (non-hydrogen) atoms. The molecule has 2 heterocycles. The number of fused-ring (bicyclic) bond motifs is 1. The van der Waals surface area contributed by atoms with Crippen molar-refractivity contribution in [1.82, 2.24) is 4.98 Å². The molecule has 0 saturated heterocycles. The molecule has 3 rings (SSSR count). The SMILES string of the molecule is CCOc1ccc(NC(=O)CN2C(=O)C(C)(C)Oc3ccc(N)nc32)cc1. The molecule has 1 aromatic carbocycles. The van der Waals surface area contributed by atoms with E-state index in [1.165, 1.54) is 4.90 Å². The highest BCUT2D eigenvalue weighted by Crippen LogP contribution is 2.36. The van der Waals surface area contributed by atoms with Gasteiger partial charge in [0.25, 0.3) is 5.91 Å². The van der Waals surface area contributed by atoms with Crippen LogP contribution in [0.5, 0.6) is 11.5 Å². The number of pyridine rings is 1. The molecule has 1 aromatic heterocycles. The maximum absolute atomic E-state index is 12.7. The zero-order chi connectivity index (χ0) is 19.6. The highest BCUT2D eigenvalue weighted by molar-refractivity contribution is 6.07. The first kappa shape index (κ1) is 18.5. The number of rotatable bonds is 5. The van der Waals surface area contributed by atoms with Crippen LogP contribution >= 0.6 is 0 Å². The zero-order valence-corrected chi connectivity index (χ0v) is 15.5. The van der Waals surface area contributed by atoms with Crippen LogP contribution in [0.4, 0.5) is 17.3 Å². The minimum Gasteiger partial charge on any atom is -0.494 e. The van der Waals surface area contributed by atoms with E-state index >= 15 is 0 Å². The van der Waals surface area contributed by atoms with E-state index < -0.39 is 5.60 Å². The Kier molecular flexibility index (Phi) is 4.89. The molecule has 0 fully saturated rings. The van der Waals surface area contributed by atoms with E-state index in [2.05, 4.69) is 10.3 Å². The molecule has 8 nitrogen and oxygen atoms in total. The average Bonchev–Trinajstić information content (AvgIpc) is 2.61. The quantitative estimate of drug-likeness (QED) is 0.836. The van der Waals surface area contributed by atoms with Crippen LogP contribution in [0.25, 0.3) is 0 Å². The minimum absolute atomic E-state index is 0.206. The van der Waals surface area contributed by atoms with Crippen molar-refractivity contribution in [3.05, 3.63) is 36.4 Å². The summed E-state index contributed by atoms with van der Waals surface area (Å²) < 4.78 is 11.1. The van der Waals surface area contributed by atoms with E-state index in [0.717, 1.165) is 0 Å². The molecule has 0 saturated carbocycles. The molecule has 8 heteroatoms. The van der Waals surface area contributed by atoms with Crippen LogP contribution in [0, 0.1) is 0 Å². The predicted octanol–water partition coefficient (Wildman–Crippen LogP) is 2.21. The lowest BCUT2D eigenvalue weighted by molar-refractivity contribution is -0.133. The number of hydrogen-bond donors (Lipinski definition) is 2. The Labute approximate surface area is 157 Å². The highest BCUT2D eigenvalue weighted by atomic mass is 16.5. The Balaban J connectivity index is 1.78. The first-order valence-corrected chi connectivity index (χ1v) is 8.60. The molecule has 0 atom stereocenters. The molecule has 0 unspecified atom stereocenters. The molecule has 1 aliphatic rings. The van der Waals surface area contributed by atoms with Crippen LogP contribution in [0.15, 0.2) is 36.4 Å². The van der Waals surface area contributed by atoms with Gasteiger partial charge in [-0.05, 0) is 57.2 Å². The number of ether oxygens (including phenoxy) is 2. The van der Waals surface area contributed by atoms with Gasteiger partial charge in [0.05, 0.1) is 6.61 Å². The largest absolute Gasteiger partial charge is 0.494 e. The standard InChI is InChI=1S/C19H22N4O4/c1-4-26-13-7-5-12(6-8-13)21-16(24)11-23-17-14(9-10-15(20)22-17)27-19(2,3)18(23)25/h5-10H,4,11H2,1-3H3,(H2,20,22)(H,21,24). The average molecular weight is 370 g/mol. The van der Waals surface area contributed by atoms with E-state index in [1.807, 2.05) is 6.92 Å². The second-order valence-electron chi connectivity index (χ2n) is 6.57. The summed E-state index contributed by atoms with van der Waals surface area (Å²) in [6.07, 6.45) is 0. The van der Waals surface area contributed by atoms with Crippen LogP contribution in [0.3, 0.4) is 0 Å². The van der Waals surface area contributed by atoms with Crippen LogP contribution in [0.2, 0.25) is 0 Å². The lowest BCUT2D eigenvalue weighted by Crippen LogP contribution is -2.54. The van der Waals surface area contributed by atoms with Crippen LogP contribution in [-0.4, -0.2) is 35.6 Å². The number of nitrogen functional groups attached to an aromatic ring is 1. The normalized spacial score (nSPS) is 14.9. The van der Waals surface area contributed by atoms with E-state index in [4.69, 9.17) is 15.2 Å². The van der Waals surface area contributed by atoms with E-state index in [1.54, 1.807) is 50.2 Å². The predicted molar refractivity (Wildman–Crippen MR) is 102 cm³/mol. The molecule has 0 aliphatic carbocycles. The number of nitrogens with one attached hydrogen (secondary N) is 1. The number of nitrogens with zero attached hydrogens (tertiary/aromatic N) is 2. The van der Waals surface area contributed by atoms with Crippen molar-refractivity contribution in [3.63, 3.8) is 0 Å². The number of aromatic nitrogens is 1. The number of hydrogen-bond acceptors (Lipinski definition) is 6. The topological polar surface area (TPSA) is 107 Å². The molecular formula is C19H22N4O4. The molecule has 1 aliphatic heterocycles. The van der Waals surface area contributed by atoms with Crippen LogP contribution in [-0.2, 0) is 9.59 Å². The van der Waals surface area contributed by atoms with Gasteiger partial charge in [0.15, 0.2) is 17.2 Å². The van der Waals surface area contributed by atoms with Crippen LogP contribution in [0.1, 0.15) is 20.8 Å². The van der Waals surface area contributed by atoms with E-state index in [9.17, 15) is 9.59 Å². The van der Waals surface area contributed by atoms with Gasteiger partial charge >= 0.3 is 0 Å². The van der Waals surface area contributed by atoms with Gasteiger partial charge < -0.3 is 20.5 Å². The summed E-state index contributed by atoms with van der Waals surface area (Å²) in [5, 5.41) is 2.76. The number of amides is 2. The van der Waals surface area contributed by atoms with Crippen molar-refractivity contribution in [2.75, 3.05) is 29.1 Å². The Morgan fingerprint density at radius 3 is 2.63 bits per heavy atom. The smallest absolute Gasteiger partial charge is 0.272 e. The summed E-state index contributed by atoms with van der Waals surface area (Å²) in [5.41, 5.74) is 5.23. The van der Waals surface area contributed by atoms with Crippen molar-refractivity contribution in [2.45, 2.75) is 26.4 Å². The summed E-state index contributed by atoms with van der Waals surface area (Å²) >= 11 is 0. The zero-order valence-electron chi connectivity index (χ0n) is 15.5. The van der Waals surface area contributed by atoms with Gasteiger partial charge in [0, 0.05) is 5.69 Å². The number of benzene rings is 1. The van der Waals surface area contributed by atoms with Gasteiger partial charge in [-0.25, -0.2) is 4.98 Å². The third-order valence-electron chi connectivity index (χ3n) is 3.99. The molecule has 0 spiro atoms. The van der Waals surface area contributed by atoms with E-state index in [0.29, 0.717) is 23.8 Å². The first-order valence-electron chi connectivity index (χ1n) is 8.60. The molecule has 3 N–H and O–H groups in total. The van der Waals surface area contributed by atoms with Gasteiger partial charge in [-0.2, -0.15) is 0 Å². The summed E-state index contributed by atoms with van der Waals surface area (Å²) in [4.78, 5) is 30.7. The Bertz CT molecular complexity index is 865. The second kappa shape index (κ2) is 7.14. The molecule has 0 bridgehead atoms. The summed E-state index contributed by atoms with van der Waals surface area (Å²) in [7, 11) is 0. The maximum Gasteiger partial charge on any atom is 0.272 e. The van der Waals surface area contributed by atoms with Crippen molar-refractivity contribution < 1.29 is 19.1 Å². The monoisotopic (exact) mass is 370 g/mol. The van der Waals surface area contributed by atoms with Crippen molar-refractivity contribution in [1.29, 1.82) is 0 Å². The summed E-state index contributed by atoms with van der Waals surface area (Å²) in [6, 6.07) is 10.2. The Morgan fingerprint density at radius 2 is 1.96 bits per heavy atom. The fraction of sp³-hybridized carbons (Fsp3) is 0.316. The van der Waals surface area contributed by atoms with Gasteiger partial charge in [-0.1, -0.05) is 0 Å². The van der Waals surface area contributed by atoms with E-state index in [-0.39, 0.29) is 30.0 Å². The lowest BCUT2D eigenvalue weighted by atomic mass is 10.1. The second-order valence-corrected chi connectivity index (χ2v) is 6.57. The fourth-order valence-electron chi connectivity index (χ4n) is 2.76. The van der Waals surface area contributed by atoms with Gasteiger partial charge in [-0.15, -0.1) is 0 Å². The number of nitrogens with two attached hydrogens (primary N) is 1. The molecule has 2 aromatic rings. The van der Waals surface area contributed by atoms with Crippen molar-refractivity contribution in [2.24, 2.45) is 0 Å². The molecule has 0 radical (unpaired) electrons. The third-order valence-corrected chi connectivity index (χ3v) is 3.99. The molecule has 2 amide bonds. The van der Waals surface area contributed by atoms with Gasteiger partial charge in [0.1, 0.15) is 18.1 Å². The molecule has 142 valence electrons. The maximum atomic E-state index is 12.7. The highest BCUT2D eigenvalue weighted by Gasteiger charge is 2.42. The lowest BCUT2D eigenvalue weighted by Gasteiger charge is -2.37. The Hall–Kier alpha value is -3.29. The van der Waals surface area contributed by atoms with Crippen molar-refractivity contribution >= 4 is 29.1 Å². The van der Waals surface area contributed by atoms with Gasteiger partial charge in [-0.3, -0.25) is 14.5 Å². The number of carbonyl (C=O) groups is 2. The number of anilines is 3. The Morgan fingerprint density at radius 1 is 1.26 bits per heavy atom.